The van der Waals surface area contributed by atoms with Crippen molar-refractivity contribution >= 4 is 11.7 Å². The lowest BCUT2D eigenvalue weighted by Crippen LogP contribution is -2.61. The molecule has 4 aliphatic rings. The minimum absolute atomic E-state index is 0.0334. The van der Waals surface area contributed by atoms with Gasteiger partial charge >= 0.3 is 0 Å². The van der Waals surface area contributed by atoms with E-state index < -0.39 is 11.3 Å². The highest BCUT2D eigenvalue weighted by Crippen LogP contribution is 2.59. The van der Waals surface area contributed by atoms with Crippen LogP contribution in [-0.4, -0.2) is 47.2 Å². The zero-order valence-electron chi connectivity index (χ0n) is 9.77. The average molecular weight is 237 g/mol. The number of fused-ring (bicyclic) bond motifs is 1. The summed E-state index contributed by atoms with van der Waals surface area (Å²) in [6.45, 7) is 2.78. The highest BCUT2D eigenvalue weighted by Gasteiger charge is 2.77. The van der Waals surface area contributed by atoms with Gasteiger partial charge in [0.15, 0.2) is 11.5 Å². The Morgan fingerprint density at radius 1 is 1.53 bits per heavy atom. The Labute approximate surface area is 99.0 Å². The molecule has 4 atom stereocenters. The van der Waals surface area contributed by atoms with Crippen molar-refractivity contribution in [2.75, 3.05) is 13.2 Å². The Bertz CT molecular complexity index is 434. The van der Waals surface area contributed by atoms with Crippen LogP contribution in [0.15, 0.2) is 0 Å². The van der Waals surface area contributed by atoms with Gasteiger partial charge in [0.25, 0.3) is 5.91 Å². The maximum absolute atomic E-state index is 12.4. The highest BCUT2D eigenvalue weighted by atomic mass is 16.6. The van der Waals surface area contributed by atoms with Crippen molar-refractivity contribution < 1.29 is 19.1 Å². The van der Waals surface area contributed by atoms with Gasteiger partial charge in [-0.3, -0.25) is 9.59 Å². The third-order valence-electron chi connectivity index (χ3n) is 4.85. The zero-order chi connectivity index (χ0) is 11.8. The van der Waals surface area contributed by atoms with Crippen molar-refractivity contribution in [2.45, 2.75) is 43.6 Å². The molecule has 0 saturated carbocycles. The largest absolute Gasteiger partial charge is 0.373 e. The second kappa shape index (κ2) is 2.72. The third-order valence-corrected chi connectivity index (χ3v) is 4.85. The molecule has 0 aliphatic carbocycles. The third kappa shape index (κ3) is 0.847. The maximum atomic E-state index is 12.4. The van der Waals surface area contributed by atoms with E-state index in [-0.39, 0.29) is 23.7 Å². The van der Waals surface area contributed by atoms with Crippen LogP contribution in [-0.2, 0) is 19.1 Å². The molecule has 4 heterocycles. The molecule has 0 radical (unpaired) electrons. The summed E-state index contributed by atoms with van der Waals surface area (Å²) in [5.41, 5.74) is -1.79. The van der Waals surface area contributed by atoms with E-state index in [9.17, 15) is 9.59 Å². The van der Waals surface area contributed by atoms with Crippen LogP contribution in [0.3, 0.4) is 0 Å². The Morgan fingerprint density at radius 2 is 2.35 bits per heavy atom. The molecular weight excluding hydrogens is 222 g/mol. The molecule has 4 fully saturated rings. The van der Waals surface area contributed by atoms with Gasteiger partial charge in [0, 0.05) is 18.9 Å². The molecule has 1 amide bonds. The van der Waals surface area contributed by atoms with E-state index in [2.05, 4.69) is 0 Å². The van der Waals surface area contributed by atoms with Gasteiger partial charge in [-0.05, 0) is 19.8 Å². The standard InChI is InChI=1S/C12H15NO4/c1-7(14)11-5-8-6-16-9-3-2-4-13(10(11)15)12(8,9)17-11/h8-9H,2-6H2,1H3/t8-,9+,11-,12-/m1/s1. The molecule has 0 aromatic heterocycles. The quantitative estimate of drug-likeness (QED) is 0.606. The number of nitrogens with zero attached hydrogens (tertiary/aromatic N) is 1. The summed E-state index contributed by atoms with van der Waals surface area (Å²) in [6.07, 6.45) is 2.33. The van der Waals surface area contributed by atoms with E-state index in [0.717, 1.165) is 12.8 Å². The summed E-state index contributed by atoms with van der Waals surface area (Å²) in [7, 11) is 0. The second-order valence-corrected chi connectivity index (χ2v) is 5.56. The first kappa shape index (κ1) is 10.0. The molecule has 17 heavy (non-hydrogen) atoms. The molecule has 4 aliphatic heterocycles. The first-order chi connectivity index (χ1) is 8.11. The fraction of sp³-hybridized carbons (Fsp3) is 0.833. The SMILES string of the molecule is CC(=O)[C@]12C[C@@H]3CO[C@H]4CCCN(C1=O)[C@@]34O2. The topological polar surface area (TPSA) is 55.8 Å². The van der Waals surface area contributed by atoms with E-state index in [1.165, 1.54) is 6.92 Å². The van der Waals surface area contributed by atoms with Crippen molar-refractivity contribution in [3.63, 3.8) is 0 Å². The molecule has 5 heteroatoms. The van der Waals surface area contributed by atoms with Gasteiger partial charge < -0.3 is 14.4 Å². The normalized spacial score (nSPS) is 50.9. The maximum Gasteiger partial charge on any atom is 0.265 e. The summed E-state index contributed by atoms with van der Waals surface area (Å²) < 4.78 is 11.8. The van der Waals surface area contributed by atoms with Crippen molar-refractivity contribution in [1.29, 1.82) is 0 Å². The van der Waals surface area contributed by atoms with Crippen LogP contribution in [0.25, 0.3) is 0 Å². The van der Waals surface area contributed by atoms with E-state index in [4.69, 9.17) is 9.47 Å². The van der Waals surface area contributed by atoms with Crippen molar-refractivity contribution in [3.8, 4) is 0 Å². The highest BCUT2D eigenvalue weighted by molar-refractivity contribution is 6.11. The lowest BCUT2D eigenvalue weighted by Gasteiger charge is -2.43. The van der Waals surface area contributed by atoms with E-state index in [1.54, 1.807) is 4.90 Å². The zero-order valence-corrected chi connectivity index (χ0v) is 9.77. The molecule has 0 aromatic carbocycles. The van der Waals surface area contributed by atoms with Gasteiger partial charge in [-0.25, -0.2) is 0 Å². The van der Waals surface area contributed by atoms with Crippen LogP contribution in [0.5, 0.6) is 0 Å². The monoisotopic (exact) mass is 237 g/mol. The predicted molar refractivity (Wildman–Crippen MR) is 56.0 cm³/mol. The average Bonchev–Trinajstić information content (AvgIpc) is 2.86. The van der Waals surface area contributed by atoms with Crippen LogP contribution in [0.2, 0.25) is 0 Å². The van der Waals surface area contributed by atoms with Crippen molar-refractivity contribution in [3.05, 3.63) is 0 Å². The lowest BCUT2D eigenvalue weighted by atomic mass is 9.78. The number of amides is 1. The molecular formula is C12H15NO4. The number of hydrogen-bond acceptors (Lipinski definition) is 4. The number of carbonyl (C=O) groups excluding carboxylic acids is 2. The van der Waals surface area contributed by atoms with Crippen molar-refractivity contribution in [2.24, 2.45) is 5.92 Å². The number of hydrogen-bond donors (Lipinski definition) is 0. The number of ketones is 1. The van der Waals surface area contributed by atoms with Gasteiger partial charge in [-0.2, -0.15) is 0 Å². The fourth-order valence-corrected chi connectivity index (χ4v) is 4.08. The molecule has 2 bridgehead atoms. The van der Waals surface area contributed by atoms with E-state index in [0.29, 0.717) is 19.6 Å². The van der Waals surface area contributed by atoms with Gasteiger partial charge in [-0.1, -0.05) is 0 Å². The number of ether oxygens (including phenoxy) is 2. The Hall–Kier alpha value is -0.940. The molecule has 5 nitrogen and oxygen atoms in total. The predicted octanol–water partition coefficient (Wildman–Crippen LogP) is 0.0818. The minimum atomic E-state index is -1.18. The van der Waals surface area contributed by atoms with Crippen molar-refractivity contribution in [1.82, 2.24) is 4.90 Å². The molecule has 4 rings (SSSR count). The fourth-order valence-electron chi connectivity index (χ4n) is 4.08. The second-order valence-electron chi connectivity index (χ2n) is 5.56. The number of carbonyl (C=O) groups is 2. The number of piperidine rings is 2. The van der Waals surface area contributed by atoms with Crippen LogP contribution < -0.4 is 0 Å². The molecule has 0 aromatic rings. The van der Waals surface area contributed by atoms with Crippen LogP contribution in [0.4, 0.5) is 0 Å². The molecule has 92 valence electrons. The Balaban J connectivity index is 1.89. The summed E-state index contributed by atoms with van der Waals surface area (Å²) in [6, 6.07) is 0. The van der Waals surface area contributed by atoms with E-state index >= 15 is 0 Å². The van der Waals surface area contributed by atoms with Crippen LogP contribution in [0, 0.1) is 5.92 Å². The van der Waals surface area contributed by atoms with Crippen LogP contribution >= 0.6 is 0 Å². The number of Topliss-reactive ketones (excluding diaryl/α,β-unsaturated/α-hetero) is 1. The Morgan fingerprint density at radius 3 is 3.12 bits per heavy atom. The van der Waals surface area contributed by atoms with E-state index in [1.807, 2.05) is 0 Å². The van der Waals surface area contributed by atoms with Crippen LogP contribution in [0.1, 0.15) is 26.2 Å². The summed E-state index contributed by atoms with van der Waals surface area (Å²) in [5.74, 6) is -0.106. The first-order valence-corrected chi connectivity index (χ1v) is 6.26. The minimum Gasteiger partial charge on any atom is -0.373 e. The van der Waals surface area contributed by atoms with Gasteiger partial charge in [0.1, 0.15) is 6.10 Å². The van der Waals surface area contributed by atoms with Gasteiger partial charge in [-0.15, -0.1) is 0 Å². The molecule has 1 spiro atoms. The molecule has 0 N–H and O–H groups in total. The van der Waals surface area contributed by atoms with Gasteiger partial charge in [0.2, 0.25) is 5.60 Å². The Kier molecular flexibility index (Phi) is 1.61. The smallest absolute Gasteiger partial charge is 0.265 e. The lowest BCUT2D eigenvalue weighted by molar-refractivity contribution is -0.169. The number of rotatable bonds is 1. The molecule has 0 unspecified atom stereocenters. The first-order valence-electron chi connectivity index (χ1n) is 6.26. The molecule has 4 saturated heterocycles. The van der Waals surface area contributed by atoms with Gasteiger partial charge in [0.05, 0.1) is 6.61 Å². The summed E-state index contributed by atoms with van der Waals surface area (Å²) in [4.78, 5) is 26.0. The summed E-state index contributed by atoms with van der Waals surface area (Å²) in [5, 5.41) is 0. The summed E-state index contributed by atoms with van der Waals surface area (Å²) >= 11 is 0.